The Hall–Kier alpha value is -3.18. The highest BCUT2D eigenvalue weighted by Gasteiger charge is 2.13. The maximum absolute atomic E-state index is 12.3. The fourth-order valence-electron chi connectivity index (χ4n) is 3.44. The molecule has 0 aliphatic heterocycles. The molecule has 4 nitrogen and oxygen atoms in total. The van der Waals surface area contributed by atoms with E-state index in [0.717, 1.165) is 33.2 Å². The zero-order valence-corrected chi connectivity index (χ0v) is 17.6. The van der Waals surface area contributed by atoms with Gasteiger partial charge in [-0.3, -0.25) is 4.79 Å². The van der Waals surface area contributed by atoms with Crippen molar-refractivity contribution in [1.29, 1.82) is 0 Å². The summed E-state index contributed by atoms with van der Waals surface area (Å²) in [6.07, 6.45) is 1.73. The molecule has 1 N–H and O–H groups in total. The van der Waals surface area contributed by atoms with E-state index in [4.69, 9.17) is 0 Å². The van der Waals surface area contributed by atoms with E-state index < -0.39 is 0 Å². The van der Waals surface area contributed by atoms with Gasteiger partial charge in [-0.15, -0.1) is 0 Å². The van der Waals surface area contributed by atoms with Crippen LogP contribution in [0.5, 0.6) is 0 Å². The summed E-state index contributed by atoms with van der Waals surface area (Å²) in [7, 11) is 0. The number of rotatable bonds is 5. The lowest BCUT2D eigenvalue weighted by atomic mass is 10.1. The van der Waals surface area contributed by atoms with E-state index in [9.17, 15) is 4.79 Å². The van der Waals surface area contributed by atoms with Crippen molar-refractivity contribution < 1.29 is 4.79 Å². The van der Waals surface area contributed by atoms with Crippen molar-refractivity contribution in [1.82, 2.24) is 9.99 Å². The summed E-state index contributed by atoms with van der Waals surface area (Å²) in [6.45, 7) is 2.87. The lowest BCUT2D eigenvalue weighted by Gasteiger charge is -2.08. The molecular weight excluding hydrogens is 426 g/mol. The zero-order valence-electron chi connectivity index (χ0n) is 16.0. The average Bonchev–Trinajstić information content (AvgIpc) is 3.00. The van der Waals surface area contributed by atoms with Gasteiger partial charge in [0, 0.05) is 38.7 Å². The number of halogens is 1. The monoisotopic (exact) mass is 445 g/mol. The predicted molar refractivity (Wildman–Crippen MR) is 121 cm³/mol. The molecule has 144 valence electrons. The second-order valence-electron chi connectivity index (χ2n) is 6.80. The Morgan fingerprint density at radius 2 is 1.79 bits per heavy atom. The number of benzene rings is 3. The summed E-state index contributed by atoms with van der Waals surface area (Å²) in [5.74, 6) is -0.242. The third-order valence-corrected chi connectivity index (χ3v) is 5.40. The quantitative estimate of drug-likeness (QED) is 0.318. The van der Waals surface area contributed by atoms with Gasteiger partial charge in [0.2, 0.25) is 0 Å². The van der Waals surface area contributed by atoms with Crippen LogP contribution in [-0.4, -0.2) is 16.7 Å². The molecule has 0 radical (unpaired) electrons. The average molecular weight is 446 g/mol. The van der Waals surface area contributed by atoms with Gasteiger partial charge in [0.25, 0.3) is 5.91 Å². The molecular formula is C24H20BrN3O. The third kappa shape index (κ3) is 4.15. The molecule has 0 aliphatic carbocycles. The van der Waals surface area contributed by atoms with Crippen LogP contribution in [0.1, 0.15) is 27.2 Å². The Kier molecular flexibility index (Phi) is 5.58. The van der Waals surface area contributed by atoms with Crippen LogP contribution in [0.3, 0.4) is 0 Å². The lowest BCUT2D eigenvalue weighted by Crippen LogP contribution is -2.17. The third-order valence-electron chi connectivity index (χ3n) is 4.91. The van der Waals surface area contributed by atoms with Crippen LogP contribution in [-0.2, 0) is 6.54 Å². The van der Waals surface area contributed by atoms with Crippen LogP contribution in [0.25, 0.3) is 10.9 Å². The van der Waals surface area contributed by atoms with Crippen molar-refractivity contribution in [2.75, 3.05) is 0 Å². The van der Waals surface area contributed by atoms with E-state index >= 15 is 0 Å². The maximum atomic E-state index is 12.3. The van der Waals surface area contributed by atoms with Gasteiger partial charge >= 0.3 is 0 Å². The summed E-state index contributed by atoms with van der Waals surface area (Å²) in [4.78, 5) is 12.3. The summed E-state index contributed by atoms with van der Waals surface area (Å²) in [6, 6.07) is 25.9. The summed E-state index contributed by atoms with van der Waals surface area (Å²) >= 11 is 3.38. The molecule has 0 aliphatic rings. The Bertz CT molecular complexity index is 1200. The molecule has 1 amide bonds. The van der Waals surface area contributed by atoms with E-state index in [-0.39, 0.29) is 5.91 Å². The van der Waals surface area contributed by atoms with Gasteiger partial charge in [0.05, 0.1) is 6.21 Å². The standard InChI is InChI=1S/C24H20BrN3O/c1-17-22(15-26-27-24(29)19-10-7-11-20(25)14-19)21-12-5-6-13-23(21)28(17)16-18-8-3-2-4-9-18/h2-15H,16H2,1H3,(H,27,29)/b26-15+. The van der Waals surface area contributed by atoms with Gasteiger partial charge in [0.15, 0.2) is 0 Å². The number of hydrazone groups is 1. The highest BCUT2D eigenvalue weighted by Crippen LogP contribution is 2.25. The minimum atomic E-state index is -0.242. The molecule has 5 heteroatoms. The Balaban J connectivity index is 1.63. The Morgan fingerprint density at radius 1 is 1.03 bits per heavy atom. The molecule has 4 rings (SSSR count). The smallest absolute Gasteiger partial charge is 0.271 e. The molecule has 3 aromatic carbocycles. The first-order valence-electron chi connectivity index (χ1n) is 9.34. The number of hydrogen-bond acceptors (Lipinski definition) is 2. The Labute approximate surface area is 178 Å². The molecule has 0 bridgehead atoms. The van der Waals surface area contributed by atoms with Crippen molar-refractivity contribution in [2.24, 2.45) is 5.10 Å². The fourth-order valence-corrected chi connectivity index (χ4v) is 3.84. The van der Waals surface area contributed by atoms with Crippen LogP contribution in [0.15, 0.2) is 88.4 Å². The second-order valence-corrected chi connectivity index (χ2v) is 7.71. The summed E-state index contributed by atoms with van der Waals surface area (Å²) < 4.78 is 3.14. The SMILES string of the molecule is Cc1c(/C=N/NC(=O)c2cccc(Br)c2)c2ccccc2n1Cc1ccccc1. The van der Waals surface area contributed by atoms with Crippen LogP contribution in [0.2, 0.25) is 0 Å². The molecule has 29 heavy (non-hydrogen) atoms. The highest BCUT2D eigenvalue weighted by atomic mass is 79.9. The van der Waals surface area contributed by atoms with Crippen molar-refractivity contribution in [3.8, 4) is 0 Å². The van der Waals surface area contributed by atoms with Crippen molar-refractivity contribution in [3.63, 3.8) is 0 Å². The van der Waals surface area contributed by atoms with E-state index in [0.29, 0.717) is 5.56 Å². The topological polar surface area (TPSA) is 46.4 Å². The molecule has 0 fully saturated rings. The molecule has 1 aromatic heterocycles. The maximum Gasteiger partial charge on any atom is 0.271 e. The first kappa shape index (κ1) is 19.2. The number of nitrogens with zero attached hydrogens (tertiary/aromatic N) is 2. The van der Waals surface area contributed by atoms with Crippen molar-refractivity contribution in [2.45, 2.75) is 13.5 Å². The number of carbonyl (C=O) groups is 1. The number of aromatic nitrogens is 1. The van der Waals surface area contributed by atoms with Crippen molar-refractivity contribution >= 4 is 39.0 Å². The number of amides is 1. The number of hydrogen-bond donors (Lipinski definition) is 1. The molecule has 1 heterocycles. The largest absolute Gasteiger partial charge is 0.340 e. The van der Waals surface area contributed by atoms with E-state index in [1.54, 1.807) is 18.3 Å². The lowest BCUT2D eigenvalue weighted by molar-refractivity contribution is 0.0955. The first-order valence-corrected chi connectivity index (χ1v) is 10.1. The Morgan fingerprint density at radius 3 is 2.59 bits per heavy atom. The van der Waals surface area contributed by atoms with Crippen LogP contribution >= 0.6 is 15.9 Å². The molecule has 0 spiro atoms. The number of para-hydroxylation sites is 1. The van der Waals surface area contributed by atoms with Crippen LogP contribution in [0.4, 0.5) is 0 Å². The fraction of sp³-hybridized carbons (Fsp3) is 0.0833. The minimum absolute atomic E-state index is 0.242. The van der Waals surface area contributed by atoms with E-state index in [2.05, 4.69) is 74.3 Å². The molecule has 0 saturated heterocycles. The normalized spacial score (nSPS) is 11.2. The predicted octanol–water partition coefficient (Wildman–Crippen LogP) is 5.52. The summed E-state index contributed by atoms with van der Waals surface area (Å²) in [5, 5.41) is 5.34. The van der Waals surface area contributed by atoms with Crippen LogP contribution < -0.4 is 5.43 Å². The van der Waals surface area contributed by atoms with Crippen LogP contribution in [0, 0.1) is 6.92 Å². The number of nitrogens with one attached hydrogen (secondary N) is 1. The molecule has 4 aromatic rings. The van der Waals surface area contributed by atoms with Crippen molar-refractivity contribution in [3.05, 3.63) is 106 Å². The zero-order chi connectivity index (χ0) is 20.2. The van der Waals surface area contributed by atoms with Gasteiger partial charge in [-0.2, -0.15) is 5.10 Å². The summed E-state index contributed by atoms with van der Waals surface area (Å²) in [5.41, 5.74) is 7.68. The molecule has 0 atom stereocenters. The van der Waals surface area contributed by atoms with Gasteiger partial charge in [-0.1, -0.05) is 70.5 Å². The number of carbonyl (C=O) groups excluding carboxylic acids is 1. The highest BCUT2D eigenvalue weighted by molar-refractivity contribution is 9.10. The molecule has 0 unspecified atom stereocenters. The van der Waals surface area contributed by atoms with Gasteiger partial charge in [0.1, 0.15) is 0 Å². The van der Waals surface area contributed by atoms with E-state index in [1.165, 1.54) is 5.56 Å². The van der Waals surface area contributed by atoms with Gasteiger partial charge in [-0.05, 0) is 36.8 Å². The minimum Gasteiger partial charge on any atom is -0.340 e. The number of fused-ring (bicyclic) bond motifs is 1. The van der Waals surface area contributed by atoms with Gasteiger partial charge in [-0.25, -0.2) is 5.43 Å². The molecule has 0 saturated carbocycles. The first-order chi connectivity index (χ1) is 14.1. The van der Waals surface area contributed by atoms with E-state index in [1.807, 2.05) is 30.3 Å². The second kappa shape index (κ2) is 8.45. The van der Waals surface area contributed by atoms with Gasteiger partial charge < -0.3 is 4.57 Å².